The summed E-state index contributed by atoms with van der Waals surface area (Å²) in [5.41, 5.74) is 0.685. The van der Waals surface area contributed by atoms with Gasteiger partial charge >= 0.3 is 5.97 Å². The molecule has 1 rings (SSSR count). The van der Waals surface area contributed by atoms with E-state index in [2.05, 4.69) is 10.6 Å². The Balaban J connectivity index is 0.00000400. The molecule has 2 N–H and O–H groups in total. The van der Waals surface area contributed by atoms with Crippen LogP contribution in [0.5, 0.6) is 0 Å². The van der Waals surface area contributed by atoms with Crippen LogP contribution in [-0.4, -0.2) is 45.8 Å². The Labute approximate surface area is 130 Å². The molecule has 0 aliphatic heterocycles. The van der Waals surface area contributed by atoms with Crippen LogP contribution in [0.25, 0.3) is 0 Å². The van der Waals surface area contributed by atoms with Crippen molar-refractivity contribution in [2.45, 2.75) is 6.04 Å². The first-order valence-electron chi connectivity index (χ1n) is 6.30. The summed E-state index contributed by atoms with van der Waals surface area (Å²) in [7, 11) is 2.88. The van der Waals surface area contributed by atoms with Crippen molar-refractivity contribution < 1.29 is 19.1 Å². The van der Waals surface area contributed by atoms with E-state index in [9.17, 15) is 9.59 Å². The smallest absolute Gasteiger partial charge is 0.333 e. The fourth-order valence-corrected chi connectivity index (χ4v) is 1.63. The molecule has 0 aliphatic carbocycles. The molecule has 1 amide bonds. The van der Waals surface area contributed by atoms with Crippen molar-refractivity contribution in [1.82, 2.24) is 10.6 Å². The predicted octanol–water partition coefficient (Wildman–Crippen LogP) is 0.675. The van der Waals surface area contributed by atoms with Gasteiger partial charge in [-0.2, -0.15) is 0 Å². The Bertz CT molecular complexity index is 428. The van der Waals surface area contributed by atoms with Crippen LogP contribution in [0.2, 0.25) is 0 Å². The van der Waals surface area contributed by atoms with Crippen molar-refractivity contribution in [2.75, 3.05) is 33.9 Å². The van der Waals surface area contributed by atoms with Gasteiger partial charge in [0.2, 0.25) is 5.91 Å². The molecule has 1 aromatic rings. The third-order valence-corrected chi connectivity index (χ3v) is 2.64. The van der Waals surface area contributed by atoms with Crippen LogP contribution in [0.3, 0.4) is 0 Å². The van der Waals surface area contributed by atoms with E-state index in [1.54, 1.807) is 31.4 Å². The minimum absolute atomic E-state index is 0. The van der Waals surface area contributed by atoms with Crippen molar-refractivity contribution in [2.24, 2.45) is 0 Å². The van der Waals surface area contributed by atoms with E-state index in [4.69, 9.17) is 9.47 Å². The maximum atomic E-state index is 11.8. The second-order valence-corrected chi connectivity index (χ2v) is 4.10. The van der Waals surface area contributed by atoms with E-state index >= 15 is 0 Å². The molecule has 0 aromatic heterocycles. The van der Waals surface area contributed by atoms with Crippen LogP contribution in [-0.2, 0) is 19.1 Å². The molecule has 0 radical (unpaired) electrons. The van der Waals surface area contributed by atoms with Crippen LogP contribution in [0.1, 0.15) is 11.6 Å². The topological polar surface area (TPSA) is 76.7 Å². The fraction of sp³-hybridized carbons (Fsp3) is 0.429. The highest BCUT2D eigenvalue weighted by Crippen LogP contribution is 2.13. The molecule has 0 saturated heterocycles. The summed E-state index contributed by atoms with van der Waals surface area (Å²) >= 11 is 0. The third kappa shape index (κ3) is 7.08. The molecule has 1 aromatic carbocycles. The van der Waals surface area contributed by atoms with Crippen molar-refractivity contribution in [3.63, 3.8) is 0 Å². The van der Waals surface area contributed by atoms with Gasteiger partial charge in [-0.1, -0.05) is 30.3 Å². The molecule has 118 valence electrons. The summed E-state index contributed by atoms with van der Waals surface area (Å²) in [6.07, 6.45) is 0. The molecular formula is C14H21ClN2O4. The highest BCUT2D eigenvalue weighted by molar-refractivity contribution is 5.86. The van der Waals surface area contributed by atoms with Gasteiger partial charge in [-0.3, -0.25) is 4.79 Å². The Kier molecular flexibility index (Phi) is 10.2. The van der Waals surface area contributed by atoms with E-state index in [-0.39, 0.29) is 24.9 Å². The van der Waals surface area contributed by atoms with Gasteiger partial charge in [-0.05, 0) is 5.56 Å². The molecule has 1 unspecified atom stereocenters. The zero-order valence-corrected chi connectivity index (χ0v) is 12.9. The van der Waals surface area contributed by atoms with Crippen molar-refractivity contribution >= 4 is 24.3 Å². The van der Waals surface area contributed by atoms with Gasteiger partial charge in [0.05, 0.1) is 20.3 Å². The van der Waals surface area contributed by atoms with E-state index < -0.39 is 12.0 Å². The Morgan fingerprint density at radius 3 is 2.43 bits per heavy atom. The van der Waals surface area contributed by atoms with E-state index in [1.165, 1.54) is 7.11 Å². The number of carbonyl (C=O) groups excluding carboxylic acids is 2. The quantitative estimate of drug-likeness (QED) is 0.545. The molecular weight excluding hydrogens is 296 g/mol. The van der Waals surface area contributed by atoms with Crippen LogP contribution in [0, 0.1) is 0 Å². The first-order chi connectivity index (χ1) is 9.69. The molecule has 0 fully saturated rings. The number of carbonyl (C=O) groups is 2. The number of hydrogen-bond acceptors (Lipinski definition) is 5. The number of benzene rings is 1. The normalized spacial score (nSPS) is 11.1. The second kappa shape index (κ2) is 11.1. The Hall–Kier alpha value is -1.63. The molecule has 0 bridgehead atoms. The Morgan fingerprint density at radius 1 is 1.19 bits per heavy atom. The lowest BCUT2D eigenvalue weighted by atomic mass is 10.1. The second-order valence-electron chi connectivity index (χ2n) is 4.10. The van der Waals surface area contributed by atoms with Crippen molar-refractivity contribution in [3.05, 3.63) is 35.9 Å². The van der Waals surface area contributed by atoms with Gasteiger partial charge in [0.15, 0.2) is 6.04 Å². The first kappa shape index (κ1) is 19.4. The molecule has 1 atom stereocenters. The molecule has 7 heteroatoms. The lowest BCUT2D eigenvalue weighted by Crippen LogP contribution is -2.40. The Morgan fingerprint density at radius 2 is 1.86 bits per heavy atom. The van der Waals surface area contributed by atoms with Gasteiger partial charge in [0.25, 0.3) is 0 Å². The summed E-state index contributed by atoms with van der Waals surface area (Å²) < 4.78 is 9.58. The number of nitrogens with one attached hydrogen (secondary N) is 2. The first-order valence-corrected chi connectivity index (χ1v) is 6.30. The largest absolute Gasteiger partial charge is 0.467 e. The van der Waals surface area contributed by atoms with Crippen LogP contribution in [0.4, 0.5) is 0 Å². The number of amides is 1. The zero-order valence-electron chi connectivity index (χ0n) is 12.1. The van der Waals surface area contributed by atoms with Gasteiger partial charge in [-0.25, -0.2) is 4.79 Å². The van der Waals surface area contributed by atoms with Crippen LogP contribution >= 0.6 is 12.4 Å². The highest BCUT2D eigenvalue weighted by Gasteiger charge is 2.22. The number of halogens is 1. The highest BCUT2D eigenvalue weighted by atomic mass is 35.5. The lowest BCUT2D eigenvalue weighted by Gasteiger charge is -2.17. The van der Waals surface area contributed by atoms with Crippen LogP contribution in [0.15, 0.2) is 30.3 Å². The SMILES string of the molecule is COCCNCC(=O)NC(C(=O)OC)c1ccccc1.Cl. The zero-order chi connectivity index (χ0) is 14.8. The standard InChI is InChI=1S/C14H20N2O4.ClH/c1-19-9-8-15-10-12(17)16-13(14(18)20-2)11-6-4-3-5-7-11;/h3-7,13,15H,8-10H2,1-2H3,(H,16,17);1H. The predicted molar refractivity (Wildman–Crippen MR) is 81.3 cm³/mol. The van der Waals surface area contributed by atoms with E-state index in [0.29, 0.717) is 18.7 Å². The minimum atomic E-state index is -0.794. The molecule has 0 saturated carbocycles. The summed E-state index contributed by atoms with van der Waals surface area (Å²) in [6.45, 7) is 1.20. The summed E-state index contributed by atoms with van der Waals surface area (Å²) in [4.78, 5) is 23.5. The molecule has 0 heterocycles. The van der Waals surface area contributed by atoms with Crippen LogP contribution < -0.4 is 10.6 Å². The summed E-state index contributed by atoms with van der Waals surface area (Å²) in [5, 5.41) is 5.55. The summed E-state index contributed by atoms with van der Waals surface area (Å²) in [5.74, 6) is -0.776. The van der Waals surface area contributed by atoms with E-state index in [0.717, 1.165) is 0 Å². The summed E-state index contributed by atoms with van der Waals surface area (Å²) in [6, 6.07) is 8.17. The lowest BCUT2D eigenvalue weighted by molar-refractivity contribution is -0.145. The van der Waals surface area contributed by atoms with Gasteiger partial charge in [0, 0.05) is 13.7 Å². The van der Waals surface area contributed by atoms with Gasteiger partial charge in [-0.15, -0.1) is 12.4 Å². The monoisotopic (exact) mass is 316 g/mol. The fourth-order valence-electron chi connectivity index (χ4n) is 1.63. The third-order valence-electron chi connectivity index (χ3n) is 2.64. The van der Waals surface area contributed by atoms with Crippen molar-refractivity contribution in [3.8, 4) is 0 Å². The molecule has 0 aliphatic rings. The average molecular weight is 317 g/mol. The number of rotatable bonds is 8. The average Bonchev–Trinajstić information content (AvgIpc) is 2.49. The molecule has 21 heavy (non-hydrogen) atoms. The maximum Gasteiger partial charge on any atom is 0.333 e. The number of esters is 1. The van der Waals surface area contributed by atoms with Crippen molar-refractivity contribution in [1.29, 1.82) is 0 Å². The van der Waals surface area contributed by atoms with E-state index in [1.807, 2.05) is 6.07 Å². The number of ether oxygens (including phenoxy) is 2. The minimum Gasteiger partial charge on any atom is -0.467 e. The number of methoxy groups -OCH3 is 2. The molecule has 0 spiro atoms. The molecule has 6 nitrogen and oxygen atoms in total. The number of hydrogen-bond donors (Lipinski definition) is 2. The maximum absolute atomic E-state index is 11.8. The van der Waals surface area contributed by atoms with Gasteiger partial charge in [0.1, 0.15) is 0 Å². The van der Waals surface area contributed by atoms with Gasteiger partial charge < -0.3 is 20.1 Å².